The van der Waals surface area contributed by atoms with Gasteiger partial charge in [-0.2, -0.15) is 0 Å². The quantitative estimate of drug-likeness (QED) is 0.847. The van der Waals surface area contributed by atoms with E-state index in [1.807, 2.05) is 30.3 Å². The van der Waals surface area contributed by atoms with Gasteiger partial charge in [0.1, 0.15) is 18.2 Å². The van der Waals surface area contributed by atoms with E-state index in [2.05, 4.69) is 40.1 Å². The van der Waals surface area contributed by atoms with Crippen LogP contribution >= 0.6 is 15.9 Å². The summed E-state index contributed by atoms with van der Waals surface area (Å²) in [5.74, 6) is 1.80. The minimum atomic E-state index is 0.610. The van der Waals surface area contributed by atoms with Crippen LogP contribution in [-0.2, 0) is 0 Å². The summed E-state index contributed by atoms with van der Waals surface area (Å²) in [7, 11) is 0. The molecule has 0 aliphatic rings. The average molecular weight is 321 g/mol. The second-order valence-corrected chi connectivity index (χ2v) is 5.14. The molecule has 0 bridgehead atoms. The SMILES string of the molecule is Cc1c(Br)ccc(OCCNc2ccccn2)c1C. The third-order valence-corrected chi connectivity index (χ3v) is 3.86. The largest absolute Gasteiger partial charge is 0.491 e. The molecule has 4 heteroatoms. The van der Waals surface area contributed by atoms with Crippen LogP contribution < -0.4 is 10.1 Å². The number of halogens is 1. The molecule has 1 aromatic carbocycles. The number of nitrogens with one attached hydrogen (secondary N) is 1. The summed E-state index contributed by atoms with van der Waals surface area (Å²) >= 11 is 3.52. The van der Waals surface area contributed by atoms with Gasteiger partial charge >= 0.3 is 0 Å². The number of anilines is 1. The highest BCUT2D eigenvalue weighted by Gasteiger charge is 2.05. The Balaban J connectivity index is 1.85. The molecule has 0 amide bonds. The second kappa shape index (κ2) is 6.57. The van der Waals surface area contributed by atoms with E-state index in [-0.39, 0.29) is 0 Å². The molecule has 1 N–H and O–H groups in total. The van der Waals surface area contributed by atoms with Crippen LogP contribution in [0.15, 0.2) is 41.0 Å². The minimum absolute atomic E-state index is 0.610. The molecule has 0 saturated heterocycles. The van der Waals surface area contributed by atoms with Crippen molar-refractivity contribution in [3.63, 3.8) is 0 Å². The average Bonchev–Trinajstić information content (AvgIpc) is 2.44. The summed E-state index contributed by atoms with van der Waals surface area (Å²) in [5, 5.41) is 3.21. The molecule has 0 spiro atoms. The van der Waals surface area contributed by atoms with Gasteiger partial charge in [0.15, 0.2) is 0 Å². The Labute approximate surface area is 122 Å². The number of hydrogen-bond donors (Lipinski definition) is 1. The predicted molar refractivity (Wildman–Crippen MR) is 81.8 cm³/mol. The summed E-state index contributed by atoms with van der Waals surface area (Å²) in [6.07, 6.45) is 1.77. The van der Waals surface area contributed by atoms with E-state index in [0.717, 1.165) is 22.6 Å². The fourth-order valence-corrected chi connectivity index (χ4v) is 2.16. The molecule has 0 atom stereocenters. The van der Waals surface area contributed by atoms with Gasteiger partial charge in [-0.3, -0.25) is 0 Å². The third kappa shape index (κ3) is 3.70. The first kappa shape index (κ1) is 13.9. The number of nitrogens with zero attached hydrogens (tertiary/aromatic N) is 1. The van der Waals surface area contributed by atoms with Gasteiger partial charge in [-0.1, -0.05) is 22.0 Å². The van der Waals surface area contributed by atoms with E-state index in [4.69, 9.17) is 4.74 Å². The molecule has 0 fully saturated rings. The lowest BCUT2D eigenvalue weighted by Gasteiger charge is -2.12. The molecule has 0 aliphatic heterocycles. The van der Waals surface area contributed by atoms with E-state index in [0.29, 0.717) is 6.61 Å². The van der Waals surface area contributed by atoms with Crippen molar-refractivity contribution >= 4 is 21.7 Å². The zero-order valence-corrected chi connectivity index (χ0v) is 12.7. The van der Waals surface area contributed by atoms with Crippen LogP contribution in [0.25, 0.3) is 0 Å². The zero-order chi connectivity index (χ0) is 13.7. The highest BCUT2D eigenvalue weighted by Crippen LogP contribution is 2.27. The first-order chi connectivity index (χ1) is 9.18. The van der Waals surface area contributed by atoms with E-state index in [1.165, 1.54) is 11.1 Å². The lowest BCUT2D eigenvalue weighted by Crippen LogP contribution is -2.12. The number of pyridine rings is 1. The topological polar surface area (TPSA) is 34.1 Å². The van der Waals surface area contributed by atoms with Crippen molar-refractivity contribution in [2.75, 3.05) is 18.5 Å². The molecule has 1 aromatic heterocycles. The molecule has 0 unspecified atom stereocenters. The first-order valence-corrected chi connectivity index (χ1v) is 7.01. The molecule has 19 heavy (non-hydrogen) atoms. The van der Waals surface area contributed by atoms with Crippen molar-refractivity contribution in [2.45, 2.75) is 13.8 Å². The summed E-state index contributed by atoms with van der Waals surface area (Å²) in [6, 6.07) is 9.81. The van der Waals surface area contributed by atoms with Crippen LogP contribution in [0.4, 0.5) is 5.82 Å². The summed E-state index contributed by atoms with van der Waals surface area (Å²) in [5.41, 5.74) is 2.39. The Morgan fingerprint density at radius 3 is 2.74 bits per heavy atom. The Morgan fingerprint density at radius 1 is 1.16 bits per heavy atom. The van der Waals surface area contributed by atoms with Gasteiger partial charge in [0, 0.05) is 10.7 Å². The van der Waals surface area contributed by atoms with Crippen LogP contribution in [0.3, 0.4) is 0 Å². The Morgan fingerprint density at radius 2 is 2.00 bits per heavy atom. The van der Waals surface area contributed by atoms with Crippen molar-refractivity contribution in [3.8, 4) is 5.75 Å². The Hall–Kier alpha value is -1.55. The maximum absolute atomic E-state index is 5.78. The van der Waals surface area contributed by atoms with Crippen molar-refractivity contribution in [1.29, 1.82) is 0 Å². The summed E-state index contributed by atoms with van der Waals surface area (Å²) < 4.78 is 6.90. The smallest absolute Gasteiger partial charge is 0.125 e. The molecule has 0 aliphatic carbocycles. The summed E-state index contributed by atoms with van der Waals surface area (Å²) in [6.45, 7) is 5.49. The number of hydrogen-bond acceptors (Lipinski definition) is 3. The van der Waals surface area contributed by atoms with Gasteiger partial charge in [0.05, 0.1) is 6.54 Å². The molecule has 100 valence electrons. The fourth-order valence-electron chi connectivity index (χ4n) is 1.73. The zero-order valence-electron chi connectivity index (χ0n) is 11.1. The number of benzene rings is 1. The monoisotopic (exact) mass is 320 g/mol. The van der Waals surface area contributed by atoms with Gasteiger partial charge in [-0.25, -0.2) is 4.98 Å². The fraction of sp³-hybridized carbons (Fsp3) is 0.267. The molecule has 3 nitrogen and oxygen atoms in total. The standard InChI is InChI=1S/C15H17BrN2O/c1-11-12(2)14(7-6-13(11)16)19-10-9-18-15-5-3-4-8-17-15/h3-8H,9-10H2,1-2H3,(H,17,18). The van der Waals surface area contributed by atoms with Crippen molar-refractivity contribution in [3.05, 3.63) is 52.1 Å². The Kier molecular flexibility index (Phi) is 4.80. The molecule has 2 rings (SSSR count). The molecule has 0 saturated carbocycles. The van der Waals surface area contributed by atoms with E-state index in [9.17, 15) is 0 Å². The van der Waals surface area contributed by atoms with Crippen molar-refractivity contribution < 1.29 is 4.74 Å². The van der Waals surface area contributed by atoms with Gasteiger partial charge in [-0.15, -0.1) is 0 Å². The Bertz CT molecular complexity index is 543. The molecule has 1 heterocycles. The van der Waals surface area contributed by atoms with Crippen molar-refractivity contribution in [1.82, 2.24) is 4.98 Å². The lowest BCUT2D eigenvalue weighted by molar-refractivity contribution is 0.330. The van der Waals surface area contributed by atoms with Gasteiger partial charge in [0.2, 0.25) is 0 Å². The van der Waals surface area contributed by atoms with Crippen LogP contribution in [0.1, 0.15) is 11.1 Å². The van der Waals surface area contributed by atoms with Gasteiger partial charge < -0.3 is 10.1 Å². The predicted octanol–water partition coefficient (Wildman–Crippen LogP) is 3.95. The van der Waals surface area contributed by atoms with Gasteiger partial charge in [0.25, 0.3) is 0 Å². The van der Waals surface area contributed by atoms with E-state index < -0.39 is 0 Å². The highest BCUT2D eigenvalue weighted by molar-refractivity contribution is 9.10. The van der Waals surface area contributed by atoms with Crippen LogP contribution in [0, 0.1) is 13.8 Å². The molecule has 0 radical (unpaired) electrons. The first-order valence-electron chi connectivity index (χ1n) is 6.22. The number of aromatic nitrogens is 1. The van der Waals surface area contributed by atoms with E-state index in [1.54, 1.807) is 6.20 Å². The normalized spacial score (nSPS) is 10.3. The minimum Gasteiger partial charge on any atom is -0.491 e. The lowest BCUT2D eigenvalue weighted by atomic mass is 10.1. The van der Waals surface area contributed by atoms with E-state index >= 15 is 0 Å². The highest BCUT2D eigenvalue weighted by atomic mass is 79.9. The van der Waals surface area contributed by atoms with Gasteiger partial charge in [-0.05, 0) is 49.2 Å². The molecular formula is C15H17BrN2O. The maximum atomic E-state index is 5.78. The van der Waals surface area contributed by atoms with Crippen molar-refractivity contribution in [2.24, 2.45) is 0 Å². The van der Waals surface area contributed by atoms with Crippen LogP contribution in [0.5, 0.6) is 5.75 Å². The number of rotatable bonds is 5. The molecular weight excluding hydrogens is 304 g/mol. The van der Waals surface area contributed by atoms with Crippen LogP contribution in [-0.4, -0.2) is 18.1 Å². The molecule has 2 aromatic rings. The maximum Gasteiger partial charge on any atom is 0.125 e. The summed E-state index contributed by atoms with van der Waals surface area (Å²) in [4.78, 5) is 4.19. The number of ether oxygens (including phenoxy) is 1. The third-order valence-electron chi connectivity index (χ3n) is 3.00. The van der Waals surface area contributed by atoms with Crippen LogP contribution in [0.2, 0.25) is 0 Å². The second-order valence-electron chi connectivity index (χ2n) is 4.29.